The second-order valence-electron chi connectivity index (χ2n) is 4.79. The lowest BCUT2D eigenvalue weighted by atomic mass is 10.0. The fourth-order valence-corrected chi connectivity index (χ4v) is 2.37. The van der Waals surface area contributed by atoms with Crippen molar-refractivity contribution in [2.24, 2.45) is 0 Å². The summed E-state index contributed by atoms with van der Waals surface area (Å²) in [6.45, 7) is 2.78. The van der Waals surface area contributed by atoms with E-state index in [0.29, 0.717) is 18.7 Å². The van der Waals surface area contributed by atoms with Gasteiger partial charge in [-0.3, -0.25) is 4.68 Å². The minimum absolute atomic E-state index is 0.332. The predicted octanol–water partition coefficient (Wildman–Crippen LogP) is 3.26. The molecule has 0 aliphatic heterocycles. The number of nitrogens with zero attached hydrogens (tertiary/aromatic N) is 2. The molecule has 0 radical (unpaired) electrons. The first kappa shape index (κ1) is 13.4. The molecule has 0 amide bonds. The molecular formula is C17H16N2O2. The molecule has 0 saturated carbocycles. The van der Waals surface area contributed by atoms with Gasteiger partial charge in [0.25, 0.3) is 0 Å². The molecule has 21 heavy (non-hydrogen) atoms. The first-order valence-electron chi connectivity index (χ1n) is 6.94. The van der Waals surface area contributed by atoms with E-state index >= 15 is 0 Å². The van der Waals surface area contributed by atoms with Crippen LogP contribution in [-0.4, -0.2) is 22.4 Å². The highest BCUT2D eigenvalue weighted by molar-refractivity contribution is 5.89. The zero-order chi connectivity index (χ0) is 14.7. The van der Waals surface area contributed by atoms with Crippen molar-refractivity contribution in [3.8, 4) is 0 Å². The van der Waals surface area contributed by atoms with Crippen LogP contribution in [0.3, 0.4) is 0 Å². The number of benzene rings is 2. The monoisotopic (exact) mass is 280 g/mol. The van der Waals surface area contributed by atoms with E-state index < -0.39 is 0 Å². The molecular weight excluding hydrogens is 264 g/mol. The Kier molecular flexibility index (Phi) is 3.69. The lowest BCUT2D eigenvalue weighted by molar-refractivity contribution is 0.0526. The Morgan fingerprint density at radius 1 is 1.19 bits per heavy atom. The van der Waals surface area contributed by atoms with E-state index in [1.807, 2.05) is 18.2 Å². The molecule has 106 valence electrons. The zero-order valence-electron chi connectivity index (χ0n) is 11.8. The Morgan fingerprint density at radius 2 is 2.00 bits per heavy atom. The van der Waals surface area contributed by atoms with Gasteiger partial charge in [-0.05, 0) is 23.3 Å². The Morgan fingerprint density at radius 3 is 2.86 bits per heavy atom. The summed E-state index contributed by atoms with van der Waals surface area (Å²) in [4.78, 5) is 11.6. The third-order valence-corrected chi connectivity index (χ3v) is 3.36. The maximum absolute atomic E-state index is 11.6. The zero-order valence-corrected chi connectivity index (χ0v) is 11.8. The highest BCUT2D eigenvalue weighted by atomic mass is 16.5. The fraction of sp³-hybridized carbons (Fsp3) is 0.176. The van der Waals surface area contributed by atoms with Crippen LogP contribution in [0.2, 0.25) is 0 Å². The molecule has 1 heterocycles. The SMILES string of the molecule is CCOC(=O)c1cnn(Cc2cccc3ccccc23)c1. The summed E-state index contributed by atoms with van der Waals surface area (Å²) in [5, 5.41) is 6.64. The second kappa shape index (κ2) is 5.79. The van der Waals surface area contributed by atoms with Crippen molar-refractivity contribution in [2.75, 3.05) is 6.61 Å². The number of fused-ring (bicyclic) bond motifs is 1. The quantitative estimate of drug-likeness (QED) is 0.689. The summed E-state index contributed by atoms with van der Waals surface area (Å²) in [5.74, 6) is -0.332. The summed E-state index contributed by atoms with van der Waals surface area (Å²) in [5.41, 5.74) is 1.66. The van der Waals surface area contributed by atoms with Gasteiger partial charge in [0.2, 0.25) is 0 Å². The van der Waals surface area contributed by atoms with Crippen molar-refractivity contribution >= 4 is 16.7 Å². The Bertz CT molecular complexity index is 772. The van der Waals surface area contributed by atoms with Crippen LogP contribution >= 0.6 is 0 Å². The smallest absolute Gasteiger partial charge is 0.341 e. The molecule has 4 nitrogen and oxygen atoms in total. The number of esters is 1. The molecule has 4 heteroatoms. The van der Waals surface area contributed by atoms with Crippen molar-refractivity contribution in [3.63, 3.8) is 0 Å². The van der Waals surface area contributed by atoms with Crippen LogP contribution in [0.4, 0.5) is 0 Å². The Hall–Kier alpha value is -2.62. The Labute approximate surface area is 123 Å². The van der Waals surface area contributed by atoms with Crippen molar-refractivity contribution in [1.82, 2.24) is 9.78 Å². The van der Waals surface area contributed by atoms with Gasteiger partial charge in [0.1, 0.15) is 0 Å². The number of aromatic nitrogens is 2. The molecule has 0 bridgehead atoms. The van der Waals surface area contributed by atoms with Crippen molar-refractivity contribution < 1.29 is 9.53 Å². The van der Waals surface area contributed by atoms with Crippen LogP contribution in [0.15, 0.2) is 54.9 Å². The molecule has 0 aliphatic rings. The number of hydrogen-bond acceptors (Lipinski definition) is 3. The third-order valence-electron chi connectivity index (χ3n) is 3.36. The summed E-state index contributed by atoms with van der Waals surface area (Å²) in [7, 11) is 0. The summed E-state index contributed by atoms with van der Waals surface area (Å²) in [6.07, 6.45) is 3.27. The number of ether oxygens (including phenoxy) is 1. The van der Waals surface area contributed by atoms with E-state index in [-0.39, 0.29) is 5.97 Å². The normalized spacial score (nSPS) is 10.7. The van der Waals surface area contributed by atoms with Gasteiger partial charge in [0.15, 0.2) is 0 Å². The van der Waals surface area contributed by atoms with E-state index in [1.165, 1.54) is 16.3 Å². The van der Waals surface area contributed by atoms with Gasteiger partial charge >= 0.3 is 5.97 Å². The number of hydrogen-bond donors (Lipinski definition) is 0. The van der Waals surface area contributed by atoms with Crippen molar-refractivity contribution in [3.05, 3.63) is 66.0 Å². The van der Waals surface area contributed by atoms with Gasteiger partial charge < -0.3 is 4.74 Å². The van der Waals surface area contributed by atoms with Gasteiger partial charge in [-0.15, -0.1) is 0 Å². The van der Waals surface area contributed by atoms with Gasteiger partial charge in [-0.25, -0.2) is 4.79 Å². The minimum Gasteiger partial charge on any atom is -0.462 e. The van der Waals surface area contributed by atoms with Crippen LogP contribution in [0.5, 0.6) is 0 Å². The number of rotatable bonds is 4. The first-order valence-corrected chi connectivity index (χ1v) is 6.94. The van der Waals surface area contributed by atoms with Crippen LogP contribution < -0.4 is 0 Å². The topological polar surface area (TPSA) is 44.1 Å². The summed E-state index contributed by atoms with van der Waals surface area (Å²) in [6, 6.07) is 14.4. The molecule has 0 atom stereocenters. The van der Waals surface area contributed by atoms with Crippen LogP contribution in [0, 0.1) is 0 Å². The molecule has 2 aromatic carbocycles. The van der Waals surface area contributed by atoms with E-state index in [4.69, 9.17) is 4.74 Å². The lowest BCUT2D eigenvalue weighted by Crippen LogP contribution is -2.04. The molecule has 0 N–H and O–H groups in total. The minimum atomic E-state index is -0.332. The molecule has 0 fully saturated rings. The van der Waals surface area contributed by atoms with E-state index in [0.717, 1.165) is 0 Å². The summed E-state index contributed by atoms with van der Waals surface area (Å²) >= 11 is 0. The Balaban J connectivity index is 1.87. The number of carbonyl (C=O) groups is 1. The fourth-order valence-electron chi connectivity index (χ4n) is 2.37. The van der Waals surface area contributed by atoms with Gasteiger partial charge in [0.05, 0.1) is 24.9 Å². The molecule has 0 unspecified atom stereocenters. The molecule has 0 aliphatic carbocycles. The van der Waals surface area contributed by atoms with Crippen LogP contribution in [0.25, 0.3) is 10.8 Å². The standard InChI is InChI=1S/C17H16N2O2/c1-2-21-17(20)15-10-18-19(12-15)11-14-8-5-7-13-6-3-4-9-16(13)14/h3-10,12H,2,11H2,1H3. The molecule has 3 rings (SSSR count). The van der Waals surface area contributed by atoms with E-state index in [2.05, 4.69) is 29.4 Å². The van der Waals surface area contributed by atoms with Crippen molar-refractivity contribution in [2.45, 2.75) is 13.5 Å². The lowest BCUT2D eigenvalue weighted by Gasteiger charge is -2.06. The van der Waals surface area contributed by atoms with Gasteiger partial charge in [-0.1, -0.05) is 42.5 Å². The largest absolute Gasteiger partial charge is 0.462 e. The average molecular weight is 280 g/mol. The number of carbonyl (C=O) groups excluding carboxylic acids is 1. The highest BCUT2D eigenvalue weighted by Crippen LogP contribution is 2.19. The van der Waals surface area contributed by atoms with E-state index in [1.54, 1.807) is 24.0 Å². The predicted molar refractivity (Wildman–Crippen MR) is 81.2 cm³/mol. The van der Waals surface area contributed by atoms with Gasteiger partial charge in [0, 0.05) is 6.20 Å². The average Bonchev–Trinajstić information content (AvgIpc) is 2.97. The van der Waals surface area contributed by atoms with Gasteiger partial charge in [-0.2, -0.15) is 5.10 Å². The summed E-state index contributed by atoms with van der Waals surface area (Å²) < 4.78 is 6.73. The maximum Gasteiger partial charge on any atom is 0.341 e. The van der Waals surface area contributed by atoms with Crippen molar-refractivity contribution in [1.29, 1.82) is 0 Å². The second-order valence-corrected chi connectivity index (χ2v) is 4.79. The molecule has 3 aromatic rings. The third kappa shape index (κ3) is 2.79. The highest BCUT2D eigenvalue weighted by Gasteiger charge is 2.10. The first-order chi connectivity index (χ1) is 10.3. The van der Waals surface area contributed by atoms with Crippen LogP contribution in [-0.2, 0) is 11.3 Å². The molecule has 1 aromatic heterocycles. The molecule has 0 saturated heterocycles. The maximum atomic E-state index is 11.6. The van der Waals surface area contributed by atoms with E-state index in [9.17, 15) is 4.79 Å². The van der Waals surface area contributed by atoms with Crippen LogP contribution in [0.1, 0.15) is 22.8 Å². The molecule has 0 spiro atoms.